The third-order valence-electron chi connectivity index (χ3n) is 4.08. The first-order valence-corrected chi connectivity index (χ1v) is 11.1. The van der Waals surface area contributed by atoms with Crippen LogP contribution in [0.1, 0.15) is 15.9 Å². The highest BCUT2D eigenvalue weighted by molar-refractivity contribution is 7.90. The van der Waals surface area contributed by atoms with Crippen LogP contribution in [0.25, 0.3) is 6.08 Å². The molecule has 0 bridgehead atoms. The van der Waals surface area contributed by atoms with E-state index in [1.165, 1.54) is 54.6 Å². The number of nitrogens with one attached hydrogen (secondary N) is 2. The van der Waals surface area contributed by atoms with E-state index in [1.807, 2.05) is 4.72 Å². The summed E-state index contributed by atoms with van der Waals surface area (Å²) < 4.78 is 26.4. The molecule has 0 radical (unpaired) electrons. The molecule has 3 rings (SSSR count). The van der Waals surface area contributed by atoms with Gasteiger partial charge in [-0.1, -0.05) is 41.4 Å². The summed E-state index contributed by atoms with van der Waals surface area (Å²) in [5.74, 6) is -0.226. The fraction of sp³-hybridized carbons (Fsp3) is 0. The van der Waals surface area contributed by atoms with E-state index in [2.05, 4.69) is 5.32 Å². The van der Waals surface area contributed by atoms with Gasteiger partial charge in [0.05, 0.1) is 4.90 Å². The maximum Gasteiger partial charge on any atom is 0.333 e. The van der Waals surface area contributed by atoms with Crippen molar-refractivity contribution in [3.63, 3.8) is 0 Å². The molecular weight excluding hydrogens is 459 g/mol. The number of urea groups is 1. The molecule has 2 amide bonds. The van der Waals surface area contributed by atoms with Crippen LogP contribution in [0.3, 0.4) is 0 Å². The van der Waals surface area contributed by atoms with Gasteiger partial charge in [0.25, 0.3) is 10.0 Å². The minimum atomic E-state index is -4.05. The standard InChI is InChI=1S/C22H16Cl2N2O4S/c23-17-6-1-15(2-7-17)3-14-21(27)16-4-10-19(11-5-16)25-22(28)26-31(29,30)20-12-8-18(24)9-13-20/h1-14H,(H2,25,26,28)/b14-3+. The molecule has 0 aliphatic heterocycles. The number of hydrogen-bond donors (Lipinski definition) is 2. The molecule has 0 unspecified atom stereocenters. The second-order valence-corrected chi connectivity index (χ2v) is 8.90. The van der Waals surface area contributed by atoms with E-state index in [1.54, 1.807) is 30.3 Å². The lowest BCUT2D eigenvalue weighted by Gasteiger charge is -2.09. The number of halogens is 2. The minimum absolute atomic E-state index is 0.0968. The summed E-state index contributed by atoms with van der Waals surface area (Å²) >= 11 is 11.6. The molecule has 0 heterocycles. The van der Waals surface area contributed by atoms with Crippen molar-refractivity contribution in [2.24, 2.45) is 0 Å². The molecule has 0 aliphatic rings. The van der Waals surface area contributed by atoms with Crippen LogP contribution in [-0.4, -0.2) is 20.2 Å². The van der Waals surface area contributed by atoms with Crippen molar-refractivity contribution in [3.05, 3.63) is 100 Å². The highest BCUT2D eigenvalue weighted by Crippen LogP contribution is 2.15. The zero-order valence-electron chi connectivity index (χ0n) is 15.9. The van der Waals surface area contributed by atoms with Gasteiger partial charge in [0.2, 0.25) is 0 Å². The van der Waals surface area contributed by atoms with Crippen molar-refractivity contribution in [1.29, 1.82) is 0 Å². The fourth-order valence-corrected chi connectivity index (χ4v) is 3.67. The monoisotopic (exact) mass is 474 g/mol. The van der Waals surface area contributed by atoms with Gasteiger partial charge in [0, 0.05) is 21.3 Å². The van der Waals surface area contributed by atoms with Gasteiger partial charge in [-0.15, -0.1) is 0 Å². The van der Waals surface area contributed by atoms with E-state index in [0.717, 1.165) is 5.56 Å². The van der Waals surface area contributed by atoms with E-state index in [-0.39, 0.29) is 10.7 Å². The number of ketones is 1. The second kappa shape index (κ2) is 9.78. The minimum Gasteiger partial charge on any atom is -0.307 e. The van der Waals surface area contributed by atoms with Crippen LogP contribution < -0.4 is 10.0 Å². The third kappa shape index (κ3) is 6.42. The lowest BCUT2D eigenvalue weighted by atomic mass is 10.1. The molecule has 31 heavy (non-hydrogen) atoms. The molecule has 0 aromatic heterocycles. The predicted octanol–water partition coefficient (Wildman–Crippen LogP) is 5.40. The molecule has 0 spiro atoms. The average Bonchev–Trinajstić information content (AvgIpc) is 2.73. The Bertz CT molecular complexity index is 1220. The van der Waals surface area contributed by atoms with Crippen LogP contribution in [0.2, 0.25) is 10.0 Å². The number of carbonyl (C=O) groups is 2. The zero-order valence-corrected chi connectivity index (χ0v) is 18.2. The van der Waals surface area contributed by atoms with Gasteiger partial charge in [-0.05, 0) is 72.3 Å². The average molecular weight is 475 g/mol. The van der Waals surface area contributed by atoms with Gasteiger partial charge >= 0.3 is 6.03 Å². The molecule has 0 aliphatic carbocycles. The van der Waals surface area contributed by atoms with E-state index in [0.29, 0.717) is 21.3 Å². The summed E-state index contributed by atoms with van der Waals surface area (Å²) in [7, 11) is -4.05. The topological polar surface area (TPSA) is 92.3 Å². The zero-order chi connectivity index (χ0) is 22.4. The Morgan fingerprint density at radius 2 is 1.32 bits per heavy atom. The first-order chi connectivity index (χ1) is 14.7. The van der Waals surface area contributed by atoms with Crippen LogP contribution >= 0.6 is 23.2 Å². The molecule has 2 N–H and O–H groups in total. The number of carbonyl (C=O) groups excluding carboxylic acids is 2. The summed E-state index contributed by atoms with van der Waals surface area (Å²) in [6, 6.07) is 17.5. The van der Waals surface area contributed by atoms with Gasteiger partial charge in [-0.25, -0.2) is 17.9 Å². The molecule has 6 nitrogen and oxygen atoms in total. The van der Waals surface area contributed by atoms with Crippen molar-refractivity contribution in [2.75, 3.05) is 5.32 Å². The third-order valence-corrected chi connectivity index (χ3v) is 5.93. The summed E-state index contributed by atoms with van der Waals surface area (Å²) in [6.07, 6.45) is 3.09. The Balaban J connectivity index is 1.60. The van der Waals surface area contributed by atoms with Gasteiger partial charge < -0.3 is 5.32 Å². The van der Waals surface area contributed by atoms with Gasteiger partial charge in [0.15, 0.2) is 5.78 Å². The molecule has 0 saturated heterocycles. The van der Waals surface area contributed by atoms with Gasteiger partial charge in [-0.3, -0.25) is 4.79 Å². The maximum atomic E-state index is 12.3. The highest BCUT2D eigenvalue weighted by Gasteiger charge is 2.17. The quantitative estimate of drug-likeness (QED) is 0.369. The fourth-order valence-electron chi connectivity index (χ4n) is 2.51. The predicted molar refractivity (Wildman–Crippen MR) is 122 cm³/mol. The molecular formula is C22H16Cl2N2O4S. The Hall–Kier alpha value is -3.13. The van der Waals surface area contributed by atoms with Crippen molar-refractivity contribution >= 4 is 56.8 Å². The SMILES string of the molecule is O=C(Nc1ccc(C(=O)/C=C/c2ccc(Cl)cc2)cc1)NS(=O)(=O)c1ccc(Cl)cc1. The van der Waals surface area contributed by atoms with E-state index >= 15 is 0 Å². The summed E-state index contributed by atoms with van der Waals surface area (Å²) in [4.78, 5) is 24.2. The van der Waals surface area contributed by atoms with Crippen molar-refractivity contribution in [3.8, 4) is 0 Å². The Labute approximate surface area is 189 Å². The number of rotatable bonds is 6. The van der Waals surface area contributed by atoms with Crippen LogP contribution in [0, 0.1) is 0 Å². The summed E-state index contributed by atoms with van der Waals surface area (Å²) in [5, 5.41) is 3.40. The van der Waals surface area contributed by atoms with E-state index < -0.39 is 16.1 Å². The maximum absolute atomic E-state index is 12.3. The van der Waals surface area contributed by atoms with Gasteiger partial charge in [0.1, 0.15) is 0 Å². The van der Waals surface area contributed by atoms with E-state index in [4.69, 9.17) is 23.2 Å². The number of sulfonamides is 1. The Kier molecular flexibility index (Phi) is 7.12. The number of anilines is 1. The van der Waals surface area contributed by atoms with Crippen molar-refractivity contribution in [2.45, 2.75) is 4.90 Å². The van der Waals surface area contributed by atoms with Crippen molar-refractivity contribution < 1.29 is 18.0 Å². The number of benzene rings is 3. The van der Waals surface area contributed by atoms with Gasteiger partial charge in [-0.2, -0.15) is 0 Å². The second-order valence-electron chi connectivity index (χ2n) is 6.34. The molecule has 3 aromatic carbocycles. The van der Waals surface area contributed by atoms with Crippen LogP contribution in [0.15, 0.2) is 83.8 Å². The molecule has 0 atom stereocenters. The summed E-state index contributed by atoms with van der Waals surface area (Å²) in [5.41, 5.74) is 1.56. The molecule has 158 valence electrons. The van der Waals surface area contributed by atoms with Crippen LogP contribution in [-0.2, 0) is 10.0 Å². The smallest absolute Gasteiger partial charge is 0.307 e. The first-order valence-electron chi connectivity index (χ1n) is 8.90. The molecule has 9 heteroatoms. The number of hydrogen-bond acceptors (Lipinski definition) is 4. The molecule has 0 fully saturated rings. The first kappa shape index (κ1) is 22.6. The number of allylic oxidation sites excluding steroid dienone is 1. The van der Waals surface area contributed by atoms with Crippen LogP contribution in [0.5, 0.6) is 0 Å². The largest absolute Gasteiger partial charge is 0.333 e. The molecule has 0 saturated carbocycles. The van der Waals surface area contributed by atoms with Crippen LogP contribution in [0.4, 0.5) is 10.5 Å². The normalized spacial score (nSPS) is 11.3. The lowest BCUT2D eigenvalue weighted by molar-refractivity contribution is 0.104. The Morgan fingerprint density at radius 1 is 0.774 bits per heavy atom. The number of amides is 2. The van der Waals surface area contributed by atoms with E-state index in [9.17, 15) is 18.0 Å². The lowest BCUT2D eigenvalue weighted by Crippen LogP contribution is -2.34. The highest BCUT2D eigenvalue weighted by atomic mass is 35.5. The van der Waals surface area contributed by atoms with Crippen molar-refractivity contribution in [1.82, 2.24) is 4.72 Å². The Morgan fingerprint density at radius 3 is 1.90 bits per heavy atom. The molecule has 3 aromatic rings. The summed E-state index contributed by atoms with van der Waals surface area (Å²) in [6.45, 7) is 0.